The molecule has 1 aliphatic rings. The molecule has 0 atom stereocenters. The lowest BCUT2D eigenvalue weighted by Gasteiger charge is -2.13. The van der Waals surface area contributed by atoms with Gasteiger partial charge in [-0.25, -0.2) is 4.79 Å². The molecule has 0 aromatic heterocycles. The molecule has 0 saturated carbocycles. The largest absolute Gasteiger partial charge is 0.423 e. The van der Waals surface area contributed by atoms with Crippen molar-refractivity contribution < 1.29 is 19.1 Å². The highest BCUT2D eigenvalue weighted by Crippen LogP contribution is 2.34. The second-order valence-corrected chi connectivity index (χ2v) is 8.08. The molecule has 0 unspecified atom stereocenters. The Balaban J connectivity index is 1.45. The number of imide groups is 1. The Morgan fingerprint density at radius 2 is 1.61 bits per heavy atom. The van der Waals surface area contributed by atoms with Crippen LogP contribution in [0.3, 0.4) is 0 Å². The quantitative estimate of drug-likeness (QED) is 0.280. The predicted octanol–water partition coefficient (Wildman–Crippen LogP) is 5.80. The van der Waals surface area contributed by atoms with Gasteiger partial charge >= 0.3 is 5.97 Å². The van der Waals surface area contributed by atoms with Gasteiger partial charge < -0.3 is 4.74 Å². The van der Waals surface area contributed by atoms with Crippen molar-refractivity contribution in [3.8, 4) is 5.75 Å². The van der Waals surface area contributed by atoms with Crippen LogP contribution in [0.1, 0.15) is 21.5 Å². The van der Waals surface area contributed by atoms with Crippen molar-refractivity contribution in [2.75, 3.05) is 0 Å². The summed E-state index contributed by atoms with van der Waals surface area (Å²) in [6.07, 6.45) is 1.64. The van der Waals surface area contributed by atoms with Crippen molar-refractivity contribution in [3.63, 3.8) is 0 Å². The van der Waals surface area contributed by atoms with Gasteiger partial charge in [0.2, 0.25) is 0 Å². The Morgan fingerprint density at radius 3 is 2.32 bits per heavy atom. The van der Waals surface area contributed by atoms with Gasteiger partial charge in [-0.05, 0) is 59.3 Å². The average Bonchev–Trinajstić information content (AvgIpc) is 3.04. The lowest BCUT2D eigenvalue weighted by molar-refractivity contribution is -0.123. The predicted molar refractivity (Wildman–Crippen MR) is 121 cm³/mol. The van der Waals surface area contributed by atoms with Gasteiger partial charge in [-0.2, -0.15) is 0 Å². The maximum Gasteiger partial charge on any atom is 0.343 e. The van der Waals surface area contributed by atoms with E-state index in [0.29, 0.717) is 32.4 Å². The maximum atomic E-state index is 12.7. The first-order valence-electron chi connectivity index (χ1n) is 9.37. The molecule has 1 aliphatic heterocycles. The van der Waals surface area contributed by atoms with E-state index in [0.717, 1.165) is 11.8 Å². The third kappa shape index (κ3) is 4.87. The number of ether oxygens (including phenoxy) is 1. The minimum absolute atomic E-state index is 0.121. The molecule has 3 aromatic rings. The third-order valence-corrected chi connectivity index (χ3v) is 5.83. The highest BCUT2D eigenvalue weighted by molar-refractivity contribution is 8.18. The zero-order chi connectivity index (χ0) is 21.8. The molecule has 31 heavy (non-hydrogen) atoms. The Hall–Kier alpha value is -3.35. The third-order valence-electron chi connectivity index (χ3n) is 4.56. The summed E-state index contributed by atoms with van der Waals surface area (Å²) < 4.78 is 5.35. The molecule has 7 heteroatoms. The minimum atomic E-state index is -0.450. The molecular formula is C24H16ClNO4S. The fourth-order valence-corrected chi connectivity index (χ4v) is 3.99. The van der Waals surface area contributed by atoms with Crippen LogP contribution in [0.25, 0.3) is 6.08 Å². The monoisotopic (exact) mass is 449 g/mol. The summed E-state index contributed by atoms with van der Waals surface area (Å²) in [6, 6.07) is 22.5. The zero-order valence-corrected chi connectivity index (χ0v) is 17.7. The van der Waals surface area contributed by atoms with Crippen molar-refractivity contribution in [3.05, 3.63) is 105 Å². The lowest BCUT2D eigenvalue weighted by Crippen LogP contribution is -2.27. The van der Waals surface area contributed by atoms with E-state index in [2.05, 4.69) is 0 Å². The first-order valence-corrected chi connectivity index (χ1v) is 10.6. The van der Waals surface area contributed by atoms with E-state index in [1.165, 1.54) is 4.90 Å². The number of hydrogen-bond acceptors (Lipinski definition) is 5. The number of esters is 1. The van der Waals surface area contributed by atoms with Crippen LogP contribution >= 0.6 is 23.4 Å². The van der Waals surface area contributed by atoms with E-state index in [9.17, 15) is 14.4 Å². The fraction of sp³-hybridized carbons (Fsp3) is 0.0417. The van der Waals surface area contributed by atoms with Crippen molar-refractivity contribution in [1.29, 1.82) is 0 Å². The van der Waals surface area contributed by atoms with Crippen molar-refractivity contribution >= 4 is 46.6 Å². The second-order valence-electron chi connectivity index (χ2n) is 6.68. The minimum Gasteiger partial charge on any atom is -0.423 e. The lowest BCUT2D eigenvalue weighted by atomic mass is 10.2. The van der Waals surface area contributed by atoms with E-state index in [4.69, 9.17) is 16.3 Å². The molecule has 3 aromatic carbocycles. The van der Waals surface area contributed by atoms with Crippen LogP contribution in [0, 0.1) is 0 Å². The summed E-state index contributed by atoms with van der Waals surface area (Å²) in [5, 5.41) is 0.163. The zero-order valence-electron chi connectivity index (χ0n) is 16.2. The van der Waals surface area contributed by atoms with Crippen LogP contribution < -0.4 is 4.74 Å². The van der Waals surface area contributed by atoms with Gasteiger partial charge in [0.15, 0.2) is 0 Å². The molecule has 154 valence electrons. The number of hydrogen-bond donors (Lipinski definition) is 0. The number of nitrogens with zero attached hydrogens (tertiary/aromatic N) is 1. The van der Waals surface area contributed by atoms with E-state index in [1.807, 2.05) is 12.1 Å². The molecule has 1 heterocycles. The number of rotatable bonds is 5. The van der Waals surface area contributed by atoms with E-state index < -0.39 is 5.97 Å². The molecule has 1 saturated heterocycles. The van der Waals surface area contributed by atoms with E-state index >= 15 is 0 Å². The van der Waals surface area contributed by atoms with Gasteiger partial charge in [-0.3, -0.25) is 14.5 Å². The summed E-state index contributed by atoms with van der Waals surface area (Å²) in [4.78, 5) is 38.7. The molecule has 0 aliphatic carbocycles. The first-order chi connectivity index (χ1) is 15.0. The van der Waals surface area contributed by atoms with Crippen LogP contribution in [0.15, 0.2) is 83.8 Å². The Kier molecular flexibility index (Phi) is 6.21. The standard InChI is InChI=1S/C24H16ClNO4S/c25-20-9-5-4-8-18(20)15-26-22(27)21(31-24(26)29)14-16-10-12-19(13-11-16)30-23(28)17-6-2-1-3-7-17/h1-14H,15H2/b21-14-. The van der Waals surface area contributed by atoms with Crippen molar-refractivity contribution in [1.82, 2.24) is 4.90 Å². The summed E-state index contributed by atoms with van der Waals surface area (Å²) in [6.45, 7) is 0.121. The summed E-state index contributed by atoms with van der Waals surface area (Å²) in [5.41, 5.74) is 1.87. The number of carbonyl (C=O) groups excluding carboxylic acids is 3. The van der Waals surface area contributed by atoms with Gasteiger partial charge in [0.25, 0.3) is 11.1 Å². The number of benzene rings is 3. The molecular weight excluding hydrogens is 434 g/mol. The normalized spacial score (nSPS) is 14.9. The van der Waals surface area contributed by atoms with Crippen LogP contribution in [0.2, 0.25) is 5.02 Å². The topological polar surface area (TPSA) is 63.7 Å². The molecule has 2 amide bonds. The average molecular weight is 450 g/mol. The SMILES string of the molecule is O=C(Oc1ccc(/C=C2\SC(=O)N(Cc3ccccc3Cl)C2=O)cc1)c1ccccc1. The van der Waals surface area contributed by atoms with E-state index in [-0.39, 0.29) is 17.7 Å². The summed E-state index contributed by atoms with van der Waals surface area (Å²) in [7, 11) is 0. The van der Waals surface area contributed by atoms with Gasteiger partial charge in [0.1, 0.15) is 5.75 Å². The van der Waals surface area contributed by atoms with Crippen molar-refractivity contribution in [2.45, 2.75) is 6.54 Å². The summed E-state index contributed by atoms with van der Waals surface area (Å²) in [5.74, 6) is -0.429. The molecule has 0 spiro atoms. The van der Waals surface area contributed by atoms with Crippen LogP contribution in [0.4, 0.5) is 4.79 Å². The molecule has 4 rings (SSSR count). The first kappa shape index (κ1) is 20.9. The number of halogens is 1. The Morgan fingerprint density at radius 1 is 0.935 bits per heavy atom. The number of thioether (sulfide) groups is 1. The number of amides is 2. The smallest absolute Gasteiger partial charge is 0.343 e. The van der Waals surface area contributed by atoms with E-state index in [1.54, 1.807) is 72.8 Å². The molecule has 0 bridgehead atoms. The van der Waals surface area contributed by atoms with Crippen LogP contribution in [-0.4, -0.2) is 22.0 Å². The van der Waals surface area contributed by atoms with Crippen LogP contribution in [-0.2, 0) is 11.3 Å². The van der Waals surface area contributed by atoms with Gasteiger partial charge in [-0.1, -0.05) is 60.1 Å². The van der Waals surface area contributed by atoms with Crippen LogP contribution in [0.5, 0.6) is 5.75 Å². The molecule has 0 radical (unpaired) electrons. The fourth-order valence-electron chi connectivity index (χ4n) is 2.96. The van der Waals surface area contributed by atoms with Gasteiger partial charge in [0.05, 0.1) is 17.0 Å². The number of carbonyl (C=O) groups is 3. The Labute approximate surface area is 188 Å². The Bertz CT molecular complexity index is 1180. The molecule has 0 N–H and O–H groups in total. The van der Waals surface area contributed by atoms with Crippen molar-refractivity contribution in [2.24, 2.45) is 0 Å². The summed E-state index contributed by atoms with van der Waals surface area (Å²) >= 11 is 7.03. The van der Waals surface area contributed by atoms with Gasteiger partial charge in [-0.15, -0.1) is 0 Å². The molecule has 1 fully saturated rings. The van der Waals surface area contributed by atoms with Gasteiger partial charge in [0, 0.05) is 5.02 Å². The second kappa shape index (κ2) is 9.20. The highest BCUT2D eigenvalue weighted by atomic mass is 35.5. The highest BCUT2D eigenvalue weighted by Gasteiger charge is 2.35. The maximum absolute atomic E-state index is 12.7. The molecule has 5 nitrogen and oxygen atoms in total.